The summed E-state index contributed by atoms with van der Waals surface area (Å²) in [6, 6.07) is 0. The van der Waals surface area contributed by atoms with E-state index >= 15 is 0 Å². The van der Waals surface area contributed by atoms with Crippen molar-refractivity contribution < 1.29 is 8.85 Å². The van der Waals surface area contributed by atoms with Gasteiger partial charge in [-0.25, -0.2) is 0 Å². The Hall–Kier alpha value is 0.0569. The Labute approximate surface area is 133 Å². The quantitative estimate of drug-likeness (QED) is 0.562. The second kappa shape index (κ2) is 12.6. The highest BCUT2D eigenvalue weighted by molar-refractivity contribution is 6.46. The summed E-state index contributed by atoms with van der Waals surface area (Å²) < 4.78 is 12.1. The van der Waals surface area contributed by atoms with Crippen LogP contribution in [0.5, 0.6) is 0 Å². The van der Waals surface area contributed by atoms with Crippen LogP contribution in [0.1, 0.15) is 52.9 Å². The van der Waals surface area contributed by atoms with Gasteiger partial charge in [-0.05, 0) is 32.2 Å². The molecule has 0 amide bonds. The fraction of sp³-hybridized carbons (Fsp3) is 1.00. The molecule has 0 spiro atoms. The summed E-state index contributed by atoms with van der Waals surface area (Å²) in [5.41, 5.74) is 0.635. The average Bonchev–Trinajstić information content (AvgIpc) is 2.53. The predicted molar refractivity (Wildman–Crippen MR) is 90.8 cm³/mol. The Morgan fingerprint density at radius 1 is 1.05 bits per heavy atom. The van der Waals surface area contributed by atoms with Crippen molar-refractivity contribution >= 4 is 9.28 Å². The lowest BCUT2D eigenvalue weighted by atomic mass is 10.2. The topological polar surface area (TPSA) is 33.7 Å². The van der Waals surface area contributed by atoms with Crippen LogP contribution in [-0.4, -0.2) is 60.1 Å². The standard InChI is InChI=1S/C16H35N2O2Si/c1-4-14-19-21(20-15-5-2)16(6-3)8-7-11-18-12-9-17-10-13-18/h16-17H,4-15H2,1-3H3. The van der Waals surface area contributed by atoms with Gasteiger partial charge in [0.15, 0.2) is 0 Å². The molecule has 0 aromatic carbocycles. The number of piperazine rings is 1. The van der Waals surface area contributed by atoms with Gasteiger partial charge in [0.1, 0.15) is 0 Å². The maximum Gasteiger partial charge on any atom is 0.388 e. The minimum atomic E-state index is -1.09. The minimum Gasteiger partial charge on any atom is -0.393 e. The van der Waals surface area contributed by atoms with Crippen molar-refractivity contribution in [2.24, 2.45) is 0 Å². The molecule has 1 radical (unpaired) electrons. The number of nitrogens with zero attached hydrogens (tertiary/aromatic N) is 1. The highest BCUT2D eigenvalue weighted by atomic mass is 28.3. The normalized spacial score (nSPS) is 18.3. The van der Waals surface area contributed by atoms with Crippen molar-refractivity contribution in [1.29, 1.82) is 0 Å². The van der Waals surface area contributed by atoms with Gasteiger partial charge in [0.2, 0.25) is 0 Å². The molecule has 1 atom stereocenters. The monoisotopic (exact) mass is 315 g/mol. The number of rotatable bonds is 12. The zero-order valence-corrected chi connectivity index (χ0v) is 15.3. The van der Waals surface area contributed by atoms with Gasteiger partial charge in [0, 0.05) is 44.9 Å². The molecule has 0 aromatic heterocycles. The molecule has 1 N–H and O–H groups in total. The summed E-state index contributed by atoms with van der Waals surface area (Å²) in [4.78, 5) is 2.58. The van der Waals surface area contributed by atoms with Gasteiger partial charge in [0.05, 0.1) is 0 Å². The third kappa shape index (κ3) is 8.31. The molecular formula is C16H35N2O2Si. The van der Waals surface area contributed by atoms with E-state index in [1.807, 2.05) is 0 Å². The molecule has 1 unspecified atom stereocenters. The Bertz CT molecular complexity index is 230. The molecule has 0 aromatic rings. The summed E-state index contributed by atoms with van der Waals surface area (Å²) in [6.45, 7) is 14.3. The lowest BCUT2D eigenvalue weighted by molar-refractivity contribution is 0.182. The van der Waals surface area contributed by atoms with E-state index in [1.54, 1.807) is 0 Å². The van der Waals surface area contributed by atoms with Crippen LogP contribution < -0.4 is 5.32 Å². The second-order valence-electron chi connectivity index (χ2n) is 5.86. The van der Waals surface area contributed by atoms with Crippen molar-refractivity contribution in [2.45, 2.75) is 58.4 Å². The molecule has 1 aliphatic heterocycles. The summed E-state index contributed by atoms with van der Waals surface area (Å²) >= 11 is 0. The highest BCUT2D eigenvalue weighted by Gasteiger charge is 2.26. The van der Waals surface area contributed by atoms with Gasteiger partial charge in [0.25, 0.3) is 0 Å². The minimum absolute atomic E-state index is 0.635. The van der Waals surface area contributed by atoms with E-state index in [2.05, 4.69) is 31.0 Å². The molecule has 0 bridgehead atoms. The molecular weight excluding hydrogens is 280 g/mol. The second-order valence-corrected chi connectivity index (χ2v) is 7.89. The Balaban J connectivity index is 2.29. The van der Waals surface area contributed by atoms with Crippen molar-refractivity contribution in [1.82, 2.24) is 10.2 Å². The molecule has 0 aliphatic carbocycles. The largest absolute Gasteiger partial charge is 0.393 e. The molecule has 1 saturated heterocycles. The first-order chi connectivity index (χ1) is 10.3. The molecule has 4 nitrogen and oxygen atoms in total. The van der Waals surface area contributed by atoms with E-state index in [1.165, 1.54) is 38.9 Å². The summed E-state index contributed by atoms with van der Waals surface area (Å²) in [5.74, 6) is 0. The molecule has 0 saturated carbocycles. The molecule has 1 rings (SSSR count). The first-order valence-corrected chi connectivity index (χ1v) is 10.3. The van der Waals surface area contributed by atoms with E-state index in [0.29, 0.717) is 5.54 Å². The average molecular weight is 316 g/mol. The summed E-state index contributed by atoms with van der Waals surface area (Å²) in [7, 11) is -1.09. The Morgan fingerprint density at radius 2 is 1.67 bits per heavy atom. The van der Waals surface area contributed by atoms with Crippen molar-refractivity contribution in [2.75, 3.05) is 45.9 Å². The van der Waals surface area contributed by atoms with Crippen LogP contribution in [0.15, 0.2) is 0 Å². The Morgan fingerprint density at radius 3 is 2.19 bits per heavy atom. The molecule has 1 fully saturated rings. The van der Waals surface area contributed by atoms with Gasteiger partial charge < -0.3 is 19.1 Å². The first kappa shape index (κ1) is 19.1. The SMILES string of the molecule is CCCO[Si](OCCC)C(CC)CCCN1CCNCC1. The van der Waals surface area contributed by atoms with E-state index in [-0.39, 0.29) is 0 Å². The van der Waals surface area contributed by atoms with E-state index in [0.717, 1.165) is 39.1 Å². The smallest absolute Gasteiger partial charge is 0.388 e. The highest BCUT2D eigenvalue weighted by Crippen LogP contribution is 2.24. The lowest BCUT2D eigenvalue weighted by Crippen LogP contribution is -2.43. The van der Waals surface area contributed by atoms with Crippen LogP contribution in [-0.2, 0) is 8.85 Å². The van der Waals surface area contributed by atoms with Crippen LogP contribution in [0.25, 0.3) is 0 Å². The molecule has 21 heavy (non-hydrogen) atoms. The fourth-order valence-electron chi connectivity index (χ4n) is 2.67. The van der Waals surface area contributed by atoms with Crippen molar-refractivity contribution in [3.8, 4) is 0 Å². The van der Waals surface area contributed by atoms with Crippen molar-refractivity contribution in [3.05, 3.63) is 0 Å². The number of hydrogen-bond acceptors (Lipinski definition) is 4. The number of hydrogen-bond donors (Lipinski definition) is 1. The van der Waals surface area contributed by atoms with Crippen LogP contribution in [0, 0.1) is 0 Å². The molecule has 1 heterocycles. The fourth-order valence-corrected chi connectivity index (χ4v) is 4.81. The van der Waals surface area contributed by atoms with Gasteiger partial charge >= 0.3 is 9.28 Å². The van der Waals surface area contributed by atoms with Gasteiger partial charge in [-0.2, -0.15) is 0 Å². The van der Waals surface area contributed by atoms with Crippen LogP contribution in [0.3, 0.4) is 0 Å². The van der Waals surface area contributed by atoms with Crippen molar-refractivity contribution in [3.63, 3.8) is 0 Å². The van der Waals surface area contributed by atoms with E-state index in [4.69, 9.17) is 8.85 Å². The molecule has 125 valence electrons. The summed E-state index contributed by atoms with van der Waals surface area (Å²) in [5, 5.41) is 3.41. The maximum absolute atomic E-state index is 6.04. The maximum atomic E-state index is 6.04. The van der Waals surface area contributed by atoms with E-state index < -0.39 is 9.28 Å². The van der Waals surface area contributed by atoms with Gasteiger partial charge in [-0.15, -0.1) is 0 Å². The number of nitrogens with one attached hydrogen (secondary N) is 1. The third-order valence-electron chi connectivity index (χ3n) is 3.96. The van der Waals surface area contributed by atoms with Crippen LogP contribution in [0.4, 0.5) is 0 Å². The molecule has 1 aliphatic rings. The zero-order valence-electron chi connectivity index (χ0n) is 14.3. The zero-order chi connectivity index (χ0) is 15.3. The van der Waals surface area contributed by atoms with E-state index in [9.17, 15) is 0 Å². The first-order valence-electron chi connectivity index (χ1n) is 8.87. The third-order valence-corrected chi connectivity index (χ3v) is 6.30. The van der Waals surface area contributed by atoms with Gasteiger partial charge in [-0.1, -0.05) is 27.2 Å². The molecule has 5 heteroatoms. The lowest BCUT2D eigenvalue weighted by Gasteiger charge is -2.28. The van der Waals surface area contributed by atoms with Crippen LogP contribution in [0.2, 0.25) is 5.54 Å². The summed E-state index contributed by atoms with van der Waals surface area (Å²) in [6.07, 6.45) is 5.88. The predicted octanol–water partition coefficient (Wildman–Crippen LogP) is 2.79. The Kier molecular flexibility index (Phi) is 11.4. The van der Waals surface area contributed by atoms with Gasteiger partial charge in [-0.3, -0.25) is 0 Å². The van der Waals surface area contributed by atoms with Crippen LogP contribution >= 0.6 is 0 Å².